The first kappa shape index (κ1) is 13.0. The zero-order valence-electron chi connectivity index (χ0n) is 12.3. The van der Waals surface area contributed by atoms with Gasteiger partial charge in [0.05, 0.1) is 18.0 Å². The van der Waals surface area contributed by atoms with Crippen LogP contribution in [0.1, 0.15) is 11.3 Å². The maximum Gasteiger partial charge on any atom is 0.137 e. The summed E-state index contributed by atoms with van der Waals surface area (Å²) >= 11 is 0. The number of fused-ring (bicyclic) bond motifs is 2. The summed E-state index contributed by atoms with van der Waals surface area (Å²) in [6.45, 7) is 2.00. The quantitative estimate of drug-likeness (QED) is 0.606. The second-order valence-corrected chi connectivity index (χ2v) is 5.56. The summed E-state index contributed by atoms with van der Waals surface area (Å²) in [7, 11) is 0. The Hall–Kier alpha value is -2.65. The van der Waals surface area contributed by atoms with Gasteiger partial charge < -0.3 is 9.51 Å². The fourth-order valence-electron chi connectivity index (χ4n) is 2.92. The van der Waals surface area contributed by atoms with Crippen LogP contribution >= 0.6 is 0 Å². The molecule has 0 saturated carbocycles. The second-order valence-electron chi connectivity index (χ2n) is 5.56. The largest absolute Gasteiger partial charge is 0.390 e. The summed E-state index contributed by atoms with van der Waals surface area (Å²) in [5.74, 6) is 0. The molecule has 0 saturated heterocycles. The number of benzene rings is 2. The molecule has 3 nitrogen and oxygen atoms in total. The highest BCUT2D eigenvalue weighted by Crippen LogP contribution is 2.28. The molecule has 0 atom stereocenters. The van der Waals surface area contributed by atoms with Crippen molar-refractivity contribution in [2.24, 2.45) is 0 Å². The van der Waals surface area contributed by atoms with Crippen LogP contribution in [0.15, 0.2) is 60.8 Å². The molecule has 0 spiro atoms. The van der Waals surface area contributed by atoms with E-state index >= 15 is 0 Å². The van der Waals surface area contributed by atoms with Crippen molar-refractivity contribution < 1.29 is 5.11 Å². The monoisotopic (exact) mass is 288 g/mol. The third-order valence-electron chi connectivity index (χ3n) is 4.04. The summed E-state index contributed by atoms with van der Waals surface area (Å²) in [6.07, 6.45) is 2.01. The number of aryl methyl sites for hydroxylation is 1. The van der Waals surface area contributed by atoms with Gasteiger partial charge in [0.1, 0.15) is 5.65 Å². The van der Waals surface area contributed by atoms with Crippen LogP contribution in [0.4, 0.5) is 0 Å². The Balaban J connectivity index is 1.98. The average molecular weight is 288 g/mol. The van der Waals surface area contributed by atoms with E-state index in [1.54, 1.807) is 0 Å². The number of aromatic nitrogens is 2. The van der Waals surface area contributed by atoms with E-state index in [9.17, 15) is 5.11 Å². The van der Waals surface area contributed by atoms with E-state index in [4.69, 9.17) is 4.98 Å². The van der Waals surface area contributed by atoms with Crippen molar-refractivity contribution in [3.63, 3.8) is 0 Å². The van der Waals surface area contributed by atoms with E-state index in [2.05, 4.69) is 30.3 Å². The van der Waals surface area contributed by atoms with Crippen LogP contribution in [-0.4, -0.2) is 14.5 Å². The third-order valence-corrected chi connectivity index (χ3v) is 4.04. The number of aliphatic hydroxyl groups excluding tert-OH is 1. The summed E-state index contributed by atoms with van der Waals surface area (Å²) in [4.78, 5) is 4.70. The predicted octanol–water partition coefficient (Wildman–Crippen LogP) is 3.96. The molecule has 1 N–H and O–H groups in total. The fourth-order valence-corrected chi connectivity index (χ4v) is 2.92. The van der Waals surface area contributed by atoms with Crippen LogP contribution in [-0.2, 0) is 6.61 Å². The Labute approximate surface area is 128 Å². The van der Waals surface area contributed by atoms with Crippen molar-refractivity contribution in [1.82, 2.24) is 9.38 Å². The first-order valence-electron chi connectivity index (χ1n) is 7.34. The zero-order valence-corrected chi connectivity index (χ0v) is 12.3. The Morgan fingerprint density at radius 2 is 1.82 bits per heavy atom. The lowest BCUT2D eigenvalue weighted by Gasteiger charge is -2.04. The lowest BCUT2D eigenvalue weighted by Crippen LogP contribution is -1.94. The van der Waals surface area contributed by atoms with E-state index in [0.29, 0.717) is 0 Å². The van der Waals surface area contributed by atoms with Crippen molar-refractivity contribution in [1.29, 1.82) is 0 Å². The molecular weight excluding hydrogens is 272 g/mol. The Morgan fingerprint density at radius 1 is 1.00 bits per heavy atom. The minimum absolute atomic E-state index is 0.0349. The highest BCUT2D eigenvalue weighted by Gasteiger charge is 2.13. The molecule has 4 rings (SSSR count). The predicted molar refractivity (Wildman–Crippen MR) is 88.8 cm³/mol. The van der Waals surface area contributed by atoms with Crippen molar-refractivity contribution in [2.45, 2.75) is 13.5 Å². The molecule has 0 aliphatic heterocycles. The van der Waals surface area contributed by atoms with Crippen LogP contribution < -0.4 is 0 Å². The van der Waals surface area contributed by atoms with Crippen LogP contribution in [0.5, 0.6) is 0 Å². The number of hydrogen-bond acceptors (Lipinski definition) is 2. The van der Waals surface area contributed by atoms with E-state index < -0.39 is 0 Å². The smallest absolute Gasteiger partial charge is 0.137 e. The lowest BCUT2D eigenvalue weighted by molar-refractivity contribution is 0.276. The maximum absolute atomic E-state index is 9.81. The molecule has 4 aromatic rings. The summed E-state index contributed by atoms with van der Waals surface area (Å²) in [6, 6.07) is 18.6. The minimum Gasteiger partial charge on any atom is -0.390 e. The van der Waals surface area contributed by atoms with Crippen molar-refractivity contribution >= 4 is 16.4 Å². The van der Waals surface area contributed by atoms with E-state index in [0.717, 1.165) is 28.2 Å². The highest BCUT2D eigenvalue weighted by molar-refractivity contribution is 5.87. The number of aliphatic hydroxyl groups is 1. The van der Waals surface area contributed by atoms with Crippen molar-refractivity contribution in [3.05, 3.63) is 72.1 Å². The van der Waals surface area contributed by atoms with E-state index in [-0.39, 0.29) is 6.61 Å². The molecule has 0 bridgehead atoms. The average Bonchev–Trinajstić information content (AvgIpc) is 2.92. The molecule has 0 unspecified atom stereocenters. The molecule has 0 aliphatic rings. The van der Waals surface area contributed by atoms with Gasteiger partial charge in [-0.1, -0.05) is 42.5 Å². The zero-order chi connectivity index (χ0) is 15.1. The molecule has 0 aliphatic carbocycles. The van der Waals surface area contributed by atoms with Crippen molar-refractivity contribution in [3.8, 4) is 11.3 Å². The van der Waals surface area contributed by atoms with Crippen LogP contribution in [0.3, 0.4) is 0 Å². The summed E-state index contributed by atoms with van der Waals surface area (Å²) in [5, 5.41) is 12.2. The van der Waals surface area contributed by atoms with Gasteiger partial charge in [-0.2, -0.15) is 0 Å². The number of rotatable bonds is 2. The van der Waals surface area contributed by atoms with Crippen molar-refractivity contribution in [2.75, 3.05) is 0 Å². The van der Waals surface area contributed by atoms with Gasteiger partial charge in [0.25, 0.3) is 0 Å². The highest BCUT2D eigenvalue weighted by atomic mass is 16.3. The van der Waals surface area contributed by atoms with Gasteiger partial charge in [-0.15, -0.1) is 0 Å². The third kappa shape index (κ3) is 1.98. The lowest BCUT2D eigenvalue weighted by atomic mass is 10.0. The van der Waals surface area contributed by atoms with E-state index in [1.165, 1.54) is 10.8 Å². The standard InChI is InChI=1S/C19H16N2O/c1-13-6-9-18-20-19(17(12-22)21(18)11-13)16-8-7-14-4-2-3-5-15(14)10-16/h2-11,22H,12H2,1H3. The number of imidazole rings is 1. The van der Waals surface area contributed by atoms with Crippen LogP contribution in [0.25, 0.3) is 27.7 Å². The Kier molecular flexibility index (Phi) is 2.94. The van der Waals surface area contributed by atoms with Gasteiger partial charge in [-0.05, 0) is 35.4 Å². The van der Waals surface area contributed by atoms with E-state index in [1.807, 2.05) is 41.8 Å². The number of pyridine rings is 1. The molecule has 0 fully saturated rings. The molecule has 2 aromatic carbocycles. The number of hydrogen-bond donors (Lipinski definition) is 1. The van der Waals surface area contributed by atoms with Gasteiger partial charge >= 0.3 is 0 Å². The molecule has 22 heavy (non-hydrogen) atoms. The molecule has 0 radical (unpaired) electrons. The summed E-state index contributed by atoms with van der Waals surface area (Å²) < 4.78 is 1.97. The number of nitrogens with zero attached hydrogens (tertiary/aromatic N) is 2. The van der Waals surface area contributed by atoms with Gasteiger partial charge in [-0.3, -0.25) is 0 Å². The SMILES string of the molecule is Cc1ccc2nc(-c3ccc4ccccc4c3)c(CO)n2c1. The van der Waals surface area contributed by atoms with Gasteiger partial charge in [0, 0.05) is 11.8 Å². The van der Waals surface area contributed by atoms with Gasteiger partial charge in [0.2, 0.25) is 0 Å². The topological polar surface area (TPSA) is 37.5 Å². The first-order valence-corrected chi connectivity index (χ1v) is 7.34. The Morgan fingerprint density at radius 3 is 2.64 bits per heavy atom. The molecule has 0 amide bonds. The van der Waals surface area contributed by atoms with Gasteiger partial charge in [0.15, 0.2) is 0 Å². The molecule has 2 aromatic heterocycles. The molecule has 3 heteroatoms. The Bertz CT molecular complexity index is 985. The summed E-state index contributed by atoms with van der Waals surface area (Å²) in [5.41, 5.74) is 4.71. The molecular formula is C19H16N2O. The second kappa shape index (κ2) is 4.97. The fraction of sp³-hybridized carbons (Fsp3) is 0.105. The van der Waals surface area contributed by atoms with Crippen LogP contribution in [0.2, 0.25) is 0 Å². The minimum atomic E-state index is -0.0349. The molecule has 108 valence electrons. The van der Waals surface area contributed by atoms with Gasteiger partial charge in [-0.25, -0.2) is 4.98 Å². The maximum atomic E-state index is 9.81. The molecule has 2 heterocycles. The van der Waals surface area contributed by atoms with Crippen LogP contribution in [0, 0.1) is 6.92 Å². The normalized spacial score (nSPS) is 11.4. The first-order chi connectivity index (χ1) is 10.8.